The summed E-state index contributed by atoms with van der Waals surface area (Å²) in [4.78, 5) is 29.7. The lowest BCUT2D eigenvalue weighted by molar-refractivity contribution is -0.133. The van der Waals surface area contributed by atoms with E-state index in [0.717, 1.165) is 43.7 Å². The van der Waals surface area contributed by atoms with E-state index in [-0.39, 0.29) is 18.0 Å². The molecule has 2 saturated heterocycles. The van der Waals surface area contributed by atoms with Gasteiger partial charge in [0.25, 0.3) is 5.91 Å². The first-order chi connectivity index (χ1) is 15.4. The Kier molecular flexibility index (Phi) is 5.41. The molecule has 3 amide bonds. The van der Waals surface area contributed by atoms with Crippen molar-refractivity contribution in [1.82, 2.24) is 15.1 Å². The summed E-state index contributed by atoms with van der Waals surface area (Å²) in [5, 5.41) is 3.04. The van der Waals surface area contributed by atoms with Crippen LogP contribution in [0.3, 0.4) is 0 Å². The average molecular weight is 434 g/mol. The second kappa shape index (κ2) is 8.24. The van der Waals surface area contributed by atoms with Crippen LogP contribution in [0.4, 0.5) is 4.79 Å². The van der Waals surface area contributed by atoms with Crippen LogP contribution in [0.2, 0.25) is 0 Å². The zero-order valence-corrected chi connectivity index (χ0v) is 18.9. The molecule has 168 valence electrons. The van der Waals surface area contributed by atoms with E-state index in [4.69, 9.17) is 4.74 Å². The molecule has 1 aliphatic carbocycles. The van der Waals surface area contributed by atoms with E-state index in [0.29, 0.717) is 19.5 Å². The van der Waals surface area contributed by atoms with Crippen LogP contribution in [0.25, 0.3) is 0 Å². The Bertz CT molecular complexity index is 1040. The summed E-state index contributed by atoms with van der Waals surface area (Å²) < 4.78 is 6.26. The standard InChI is InChI=1S/C26H31N3O3/c1-18-7-8-19(2)23(15-18)32-22-10-13-28(14-11-22)17-29-24(30)26(27-25(29)31)12-9-20-5-3-4-6-21(20)16-26/h3-8,15,22H,9-14,16-17H2,1-2H3,(H,27,31). The van der Waals surface area contributed by atoms with E-state index < -0.39 is 5.54 Å². The van der Waals surface area contributed by atoms with Gasteiger partial charge in [-0.25, -0.2) is 9.69 Å². The maximum atomic E-state index is 13.3. The number of benzene rings is 2. The van der Waals surface area contributed by atoms with Gasteiger partial charge in [-0.05, 0) is 67.9 Å². The smallest absolute Gasteiger partial charge is 0.326 e. The summed E-state index contributed by atoms with van der Waals surface area (Å²) in [6.07, 6.45) is 3.99. The summed E-state index contributed by atoms with van der Waals surface area (Å²) in [7, 11) is 0. The number of likely N-dealkylation sites (tertiary alicyclic amines) is 1. The van der Waals surface area contributed by atoms with Crippen LogP contribution in [0.1, 0.15) is 41.5 Å². The van der Waals surface area contributed by atoms with Crippen LogP contribution >= 0.6 is 0 Å². The van der Waals surface area contributed by atoms with E-state index in [1.54, 1.807) is 0 Å². The van der Waals surface area contributed by atoms with Crippen molar-refractivity contribution in [3.63, 3.8) is 0 Å². The fourth-order valence-electron chi connectivity index (χ4n) is 5.21. The minimum absolute atomic E-state index is 0.0780. The number of urea groups is 1. The zero-order valence-electron chi connectivity index (χ0n) is 18.9. The van der Waals surface area contributed by atoms with Crippen LogP contribution in [0, 0.1) is 13.8 Å². The summed E-state index contributed by atoms with van der Waals surface area (Å²) in [6, 6.07) is 14.2. The number of aryl methyl sites for hydroxylation is 3. The molecule has 0 bridgehead atoms. The third-order valence-electron chi connectivity index (χ3n) is 7.19. The molecule has 2 aliphatic heterocycles. The van der Waals surface area contributed by atoms with Gasteiger partial charge in [-0.15, -0.1) is 0 Å². The Morgan fingerprint density at radius 2 is 1.81 bits per heavy atom. The lowest BCUT2D eigenvalue weighted by Crippen LogP contribution is -2.52. The number of nitrogens with zero attached hydrogens (tertiary/aromatic N) is 2. The van der Waals surface area contributed by atoms with Crippen molar-refractivity contribution >= 4 is 11.9 Å². The molecule has 2 aromatic rings. The van der Waals surface area contributed by atoms with Gasteiger partial charge in [0.15, 0.2) is 0 Å². The summed E-state index contributed by atoms with van der Waals surface area (Å²) in [5.74, 6) is 0.878. The maximum Gasteiger partial charge on any atom is 0.326 e. The molecule has 0 radical (unpaired) electrons. The van der Waals surface area contributed by atoms with Crippen molar-refractivity contribution in [2.45, 2.75) is 57.6 Å². The molecule has 3 aliphatic rings. The summed E-state index contributed by atoms with van der Waals surface area (Å²) in [6.45, 7) is 6.11. The Morgan fingerprint density at radius 1 is 1.06 bits per heavy atom. The molecule has 32 heavy (non-hydrogen) atoms. The van der Waals surface area contributed by atoms with Crippen molar-refractivity contribution < 1.29 is 14.3 Å². The van der Waals surface area contributed by atoms with Crippen molar-refractivity contribution in [3.8, 4) is 5.75 Å². The summed E-state index contributed by atoms with van der Waals surface area (Å²) in [5.41, 5.74) is 4.01. The number of carbonyl (C=O) groups excluding carboxylic acids is 2. The first kappa shape index (κ1) is 21.0. The van der Waals surface area contributed by atoms with Crippen LogP contribution in [0.5, 0.6) is 5.75 Å². The molecule has 0 saturated carbocycles. The molecule has 1 spiro atoms. The number of nitrogens with one attached hydrogen (secondary N) is 1. The number of amides is 3. The van der Waals surface area contributed by atoms with E-state index in [1.165, 1.54) is 21.6 Å². The lowest BCUT2D eigenvalue weighted by Gasteiger charge is -2.35. The highest BCUT2D eigenvalue weighted by Crippen LogP contribution is 2.34. The van der Waals surface area contributed by atoms with Crippen LogP contribution in [-0.2, 0) is 17.6 Å². The van der Waals surface area contributed by atoms with Crippen LogP contribution in [0.15, 0.2) is 42.5 Å². The topological polar surface area (TPSA) is 61.9 Å². The molecule has 2 heterocycles. The van der Waals surface area contributed by atoms with Crippen molar-refractivity contribution in [2.24, 2.45) is 0 Å². The Hall–Kier alpha value is -2.86. The van der Waals surface area contributed by atoms with Crippen LogP contribution < -0.4 is 10.1 Å². The van der Waals surface area contributed by atoms with E-state index in [1.807, 2.05) is 12.1 Å². The van der Waals surface area contributed by atoms with Gasteiger partial charge < -0.3 is 10.1 Å². The molecular weight excluding hydrogens is 402 g/mol. The van der Waals surface area contributed by atoms with Crippen molar-refractivity contribution in [1.29, 1.82) is 0 Å². The van der Waals surface area contributed by atoms with Gasteiger partial charge in [0.2, 0.25) is 0 Å². The van der Waals surface area contributed by atoms with Gasteiger partial charge in [0, 0.05) is 19.5 Å². The minimum Gasteiger partial charge on any atom is -0.490 e. The highest BCUT2D eigenvalue weighted by molar-refractivity contribution is 6.07. The van der Waals surface area contributed by atoms with E-state index in [9.17, 15) is 9.59 Å². The third-order valence-corrected chi connectivity index (χ3v) is 7.19. The van der Waals surface area contributed by atoms with Gasteiger partial charge in [-0.1, -0.05) is 36.4 Å². The Balaban J connectivity index is 1.19. The quantitative estimate of drug-likeness (QED) is 0.749. The molecule has 2 fully saturated rings. The molecule has 6 heteroatoms. The highest BCUT2D eigenvalue weighted by atomic mass is 16.5. The number of fused-ring (bicyclic) bond motifs is 1. The fraction of sp³-hybridized carbons (Fsp3) is 0.462. The first-order valence-electron chi connectivity index (χ1n) is 11.6. The number of rotatable bonds is 4. The van der Waals surface area contributed by atoms with Gasteiger partial charge in [0.1, 0.15) is 17.4 Å². The predicted octanol–water partition coefficient (Wildman–Crippen LogP) is 3.58. The first-order valence-corrected chi connectivity index (χ1v) is 11.6. The molecular formula is C26H31N3O3. The number of ether oxygens (including phenoxy) is 1. The number of hydrogen-bond donors (Lipinski definition) is 1. The normalized spacial score (nSPS) is 24.0. The van der Waals surface area contributed by atoms with Gasteiger partial charge in [-0.3, -0.25) is 9.69 Å². The Morgan fingerprint density at radius 3 is 2.59 bits per heavy atom. The Labute approximate surface area is 189 Å². The van der Waals surface area contributed by atoms with E-state index >= 15 is 0 Å². The SMILES string of the molecule is Cc1ccc(C)c(OC2CCN(CN3C(=O)NC4(CCc5ccccc5C4)C3=O)CC2)c1. The maximum absolute atomic E-state index is 13.3. The number of piperidine rings is 1. The number of carbonyl (C=O) groups is 2. The van der Waals surface area contributed by atoms with Crippen molar-refractivity contribution in [3.05, 3.63) is 64.7 Å². The fourth-order valence-corrected chi connectivity index (χ4v) is 5.21. The zero-order chi connectivity index (χ0) is 22.3. The molecule has 1 atom stereocenters. The molecule has 5 rings (SSSR count). The second-order valence-corrected chi connectivity index (χ2v) is 9.54. The van der Waals surface area contributed by atoms with Gasteiger partial charge in [-0.2, -0.15) is 0 Å². The van der Waals surface area contributed by atoms with Crippen LogP contribution in [-0.4, -0.2) is 53.1 Å². The minimum atomic E-state index is -0.782. The molecule has 1 N–H and O–H groups in total. The monoisotopic (exact) mass is 433 g/mol. The number of imide groups is 1. The lowest BCUT2D eigenvalue weighted by atomic mass is 9.78. The predicted molar refractivity (Wildman–Crippen MR) is 123 cm³/mol. The molecule has 0 aromatic heterocycles. The molecule has 2 aromatic carbocycles. The molecule has 1 unspecified atom stereocenters. The van der Waals surface area contributed by atoms with Gasteiger partial charge >= 0.3 is 6.03 Å². The van der Waals surface area contributed by atoms with Gasteiger partial charge in [0.05, 0.1) is 6.67 Å². The van der Waals surface area contributed by atoms with E-state index in [2.05, 4.69) is 54.4 Å². The summed E-state index contributed by atoms with van der Waals surface area (Å²) >= 11 is 0. The van der Waals surface area contributed by atoms with Crippen molar-refractivity contribution in [2.75, 3.05) is 19.8 Å². The largest absolute Gasteiger partial charge is 0.490 e. The second-order valence-electron chi connectivity index (χ2n) is 9.54. The average Bonchev–Trinajstić information content (AvgIpc) is 3.01. The number of hydrogen-bond acceptors (Lipinski definition) is 4. The third kappa shape index (κ3) is 3.88. The highest BCUT2D eigenvalue weighted by Gasteiger charge is 2.52. The molecule has 6 nitrogen and oxygen atoms in total.